The van der Waals surface area contributed by atoms with Crippen LogP contribution < -0.4 is 9.46 Å². The van der Waals surface area contributed by atoms with Crippen LogP contribution in [0.1, 0.15) is 10.4 Å². The molecule has 2 aromatic rings. The first-order valence-electron chi connectivity index (χ1n) is 7.71. The number of hydrogen-bond donors (Lipinski definition) is 1. The quantitative estimate of drug-likeness (QED) is 0.709. The molecule has 0 spiro atoms. The maximum absolute atomic E-state index is 12.6. The number of benzene rings is 1. The van der Waals surface area contributed by atoms with E-state index < -0.39 is 10.0 Å². The standard InChI is InChI=1S/C16H18BrClN2O3S2/c1-23-16-13(17)8-12(18)9-15(16)25(21,22)19-4-6-20-5-2-14-11(10-20)3-7-24-14/h3,7-9,19H,2,4-6,10H2,1H3. The van der Waals surface area contributed by atoms with Gasteiger partial charge in [0, 0.05) is 36.1 Å². The van der Waals surface area contributed by atoms with Crippen LogP contribution in [0.25, 0.3) is 0 Å². The van der Waals surface area contributed by atoms with Gasteiger partial charge in [-0.2, -0.15) is 0 Å². The van der Waals surface area contributed by atoms with Gasteiger partial charge in [0.1, 0.15) is 4.90 Å². The summed E-state index contributed by atoms with van der Waals surface area (Å²) in [5.74, 6) is 0.248. The minimum atomic E-state index is -3.71. The van der Waals surface area contributed by atoms with Crippen LogP contribution in [0.15, 0.2) is 32.9 Å². The Hall–Kier alpha value is -0.640. The van der Waals surface area contributed by atoms with E-state index in [1.165, 1.54) is 23.6 Å². The lowest BCUT2D eigenvalue weighted by Gasteiger charge is -2.26. The second-order valence-corrected chi connectivity index (χ2v) is 9.74. The number of nitrogens with zero attached hydrogens (tertiary/aromatic N) is 1. The molecule has 0 aliphatic carbocycles. The van der Waals surface area contributed by atoms with E-state index in [2.05, 4.69) is 37.0 Å². The van der Waals surface area contributed by atoms with E-state index >= 15 is 0 Å². The first-order valence-corrected chi connectivity index (χ1v) is 11.2. The fourth-order valence-electron chi connectivity index (χ4n) is 2.85. The Balaban J connectivity index is 1.65. The van der Waals surface area contributed by atoms with E-state index in [4.69, 9.17) is 16.3 Å². The van der Waals surface area contributed by atoms with Crippen molar-refractivity contribution in [3.8, 4) is 5.75 Å². The fourth-order valence-corrected chi connectivity index (χ4v) is 6.14. The predicted molar refractivity (Wildman–Crippen MR) is 104 cm³/mol. The molecule has 0 saturated heterocycles. The van der Waals surface area contributed by atoms with Gasteiger partial charge >= 0.3 is 0 Å². The largest absolute Gasteiger partial charge is 0.494 e. The third kappa shape index (κ3) is 4.37. The van der Waals surface area contributed by atoms with Gasteiger partial charge in [0.25, 0.3) is 0 Å². The number of halogens is 2. The second kappa shape index (κ2) is 7.94. The maximum atomic E-state index is 12.6. The number of nitrogens with one attached hydrogen (secondary N) is 1. The monoisotopic (exact) mass is 464 g/mol. The molecule has 9 heteroatoms. The molecule has 5 nitrogen and oxygen atoms in total. The van der Waals surface area contributed by atoms with Crippen LogP contribution in [0.5, 0.6) is 5.75 Å². The Morgan fingerprint density at radius 3 is 3.00 bits per heavy atom. The summed E-state index contributed by atoms with van der Waals surface area (Å²) in [5, 5.41) is 2.44. The molecular formula is C16H18BrClN2O3S2. The topological polar surface area (TPSA) is 58.6 Å². The summed E-state index contributed by atoms with van der Waals surface area (Å²) in [6.07, 6.45) is 1.02. The van der Waals surface area contributed by atoms with Gasteiger partial charge in [-0.3, -0.25) is 4.90 Å². The number of fused-ring (bicyclic) bond motifs is 1. The van der Waals surface area contributed by atoms with Gasteiger partial charge in [0.05, 0.1) is 11.6 Å². The Morgan fingerprint density at radius 2 is 2.24 bits per heavy atom. The Bertz CT molecular complexity index is 870. The molecule has 1 aromatic carbocycles. The Labute approximate surface area is 165 Å². The highest BCUT2D eigenvalue weighted by Crippen LogP contribution is 2.35. The van der Waals surface area contributed by atoms with E-state index in [1.54, 1.807) is 17.4 Å². The Kier molecular flexibility index (Phi) is 6.07. The van der Waals surface area contributed by atoms with Gasteiger partial charge in [0.15, 0.2) is 5.75 Å². The molecule has 0 radical (unpaired) electrons. The van der Waals surface area contributed by atoms with Gasteiger partial charge in [0.2, 0.25) is 10.0 Å². The third-order valence-corrected chi connectivity index (χ3v) is 7.37. The highest BCUT2D eigenvalue weighted by Gasteiger charge is 2.23. The summed E-state index contributed by atoms with van der Waals surface area (Å²) in [6.45, 7) is 2.79. The maximum Gasteiger partial charge on any atom is 0.244 e. The van der Waals surface area contributed by atoms with Gasteiger partial charge in [-0.05, 0) is 51.5 Å². The minimum absolute atomic E-state index is 0.0353. The normalized spacial score (nSPS) is 15.2. The van der Waals surface area contributed by atoms with Crippen LogP contribution in [0.4, 0.5) is 0 Å². The lowest BCUT2D eigenvalue weighted by Crippen LogP contribution is -2.37. The van der Waals surface area contributed by atoms with Crippen molar-refractivity contribution in [2.45, 2.75) is 17.9 Å². The molecule has 0 fully saturated rings. The molecule has 1 aromatic heterocycles. The zero-order valence-corrected chi connectivity index (χ0v) is 17.6. The molecule has 1 aliphatic rings. The third-order valence-electron chi connectivity index (χ3n) is 4.07. The van der Waals surface area contributed by atoms with Crippen molar-refractivity contribution < 1.29 is 13.2 Å². The first kappa shape index (κ1) is 19.1. The molecule has 0 amide bonds. The van der Waals surface area contributed by atoms with E-state index in [-0.39, 0.29) is 10.6 Å². The highest BCUT2D eigenvalue weighted by molar-refractivity contribution is 9.10. The second-order valence-electron chi connectivity index (χ2n) is 5.71. The van der Waals surface area contributed by atoms with Crippen molar-refractivity contribution in [3.63, 3.8) is 0 Å². The summed E-state index contributed by atoms with van der Waals surface area (Å²) < 4.78 is 33.6. The lowest BCUT2D eigenvalue weighted by atomic mass is 10.1. The fraction of sp³-hybridized carbons (Fsp3) is 0.375. The van der Waals surface area contributed by atoms with Crippen molar-refractivity contribution in [3.05, 3.63) is 43.5 Å². The van der Waals surface area contributed by atoms with E-state index in [9.17, 15) is 8.42 Å². The van der Waals surface area contributed by atoms with E-state index in [0.29, 0.717) is 22.6 Å². The average Bonchev–Trinajstić information content (AvgIpc) is 3.01. The molecule has 25 heavy (non-hydrogen) atoms. The van der Waals surface area contributed by atoms with Crippen LogP contribution in [0, 0.1) is 0 Å². The number of methoxy groups -OCH3 is 1. The SMILES string of the molecule is COc1c(Br)cc(Cl)cc1S(=O)(=O)NCCN1CCc2sccc2C1. The van der Waals surface area contributed by atoms with Crippen molar-refractivity contribution >= 4 is 48.9 Å². The van der Waals surface area contributed by atoms with Gasteiger partial charge < -0.3 is 4.74 Å². The molecule has 3 rings (SSSR count). The molecule has 1 N–H and O–H groups in total. The summed E-state index contributed by atoms with van der Waals surface area (Å²) >= 11 is 11.1. The molecular weight excluding hydrogens is 448 g/mol. The molecule has 2 heterocycles. The highest BCUT2D eigenvalue weighted by atomic mass is 79.9. The first-order chi connectivity index (χ1) is 11.9. The summed E-state index contributed by atoms with van der Waals surface area (Å²) in [6, 6.07) is 5.14. The number of sulfonamides is 1. The molecule has 1 aliphatic heterocycles. The zero-order valence-electron chi connectivity index (χ0n) is 13.6. The average molecular weight is 466 g/mol. The van der Waals surface area contributed by atoms with E-state index in [1.807, 2.05) is 0 Å². The number of thiophene rings is 1. The van der Waals surface area contributed by atoms with Crippen LogP contribution in [-0.4, -0.2) is 40.1 Å². The van der Waals surface area contributed by atoms with E-state index in [0.717, 1.165) is 19.5 Å². The minimum Gasteiger partial charge on any atom is -0.494 e. The smallest absolute Gasteiger partial charge is 0.244 e. The van der Waals surface area contributed by atoms with Crippen LogP contribution in [0.3, 0.4) is 0 Å². The molecule has 0 unspecified atom stereocenters. The van der Waals surface area contributed by atoms with Crippen LogP contribution in [0.2, 0.25) is 5.02 Å². The number of ether oxygens (including phenoxy) is 1. The van der Waals surface area contributed by atoms with Gasteiger partial charge in [-0.15, -0.1) is 11.3 Å². The van der Waals surface area contributed by atoms with Gasteiger partial charge in [-0.1, -0.05) is 11.6 Å². The van der Waals surface area contributed by atoms with Gasteiger partial charge in [-0.25, -0.2) is 13.1 Å². The Morgan fingerprint density at radius 1 is 1.44 bits per heavy atom. The van der Waals surface area contributed by atoms with Crippen molar-refractivity contribution in [1.29, 1.82) is 0 Å². The van der Waals surface area contributed by atoms with Crippen molar-refractivity contribution in [1.82, 2.24) is 9.62 Å². The van der Waals surface area contributed by atoms with Crippen LogP contribution in [-0.2, 0) is 23.0 Å². The molecule has 136 valence electrons. The zero-order chi connectivity index (χ0) is 18.0. The molecule has 0 bridgehead atoms. The van der Waals surface area contributed by atoms with Crippen LogP contribution >= 0.6 is 38.9 Å². The number of hydrogen-bond acceptors (Lipinski definition) is 5. The summed E-state index contributed by atoms with van der Waals surface area (Å²) in [7, 11) is -2.28. The lowest BCUT2D eigenvalue weighted by molar-refractivity contribution is 0.260. The van der Waals surface area contributed by atoms with Crippen molar-refractivity contribution in [2.75, 3.05) is 26.7 Å². The summed E-state index contributed by atoms with van der Waals surface area (Å²) in [5.41, 5.74) is 1.35. The predicted octanol–water partition coefficient (Wildman–Crippen LogP) is 3.51. The summed E-state index contributed by atoms with van der Waals surface area (Å²) in [4.78, 5) is 3.72. The molecule has 0 saturated carbocycles. The van der Waals surface area contributed by atoms with Crippen molar-refractivity contribution in [2.24, 2.45) is 0 Å². The number of rotatable bonds is 6. The molecule has 0 atom stereocenters.